The van der Waals surface area contributed by atoms with Crippen molar-refractivity contribution < 1.29 is 51.4 Å². The topological polar surface area (TPSA) is 141 Å². The third-order valence-electron chi connectivity index (χ3n) is 5.40. The lowest BCUT2D eigenvalue weighted by molar-refractivity contribution is -0.139. The summed E-state index contributed by atoms with van der Waals surface area (Å²) in [6.45, 7) is -1.12. The number of phosphoric acid groups is 1. The molecule has 2 aromatic rings. The third kappa shape index (κ3) is 8.09. The normalized spacial score (nSPS) is 15.2. The third-order valence-corrected chi connectivity index (χ3v) is 5.87. The Labute approximate surface area is 199 Å². The molecule has 1 atom stereocenters. The van der Waals surface area contributed by atoms with Crippen molar-refractivity contribution in [1.29, 1.82) is 0 Å². The summed E-state index contributed by atoms with van der Waals surface area (Å²) in [7, 11) is -4.81. The summed E-state index contributed by atoms with van der Waals surface area (Å²) in [6, 6.07) is 9.08. The molecule has 0 bridgehead atoms. The van der Waals surface area contributed by atoms with E-state index in [9.17, 15) is 22.8 Å². The van der Waals surface area contributed by atoms with E-state index in [4.69, 9.17) is 29.7 Å². The minimum atomic E-state index is -4.81. The maximum atomic E-state index is 13.6. The van der Waals surface area contributed by atoms with E-state index in [-0.39, 0.29) is 37.6 Å². The molecule has 0 radical (unpaired) electrons. The van der Waals surface area contributed by atoms with Gasteiger partial charge in [0.15, 0.2) is 11.5 Å². The number of hydrogen-bond donors (Lipinski definition) is 4. The standard InChI is InChI=1S/C22H27F3NO8P/c23-22(24,25)17-10-16(7-8-21(26,12-27)13-34-35(28,29)30)3-5-18(17)31-9-1-2-15-4-6-19-20(11-15)33-14-32-19/h3-6,10-11,27H,1-2,7-9,12-14,26H2,(H2,28,29,30). The SMILES string of the molecule is NC(CO)(CCc1ccc(OCCCc2ccc3c(c2)OCO3)c(C(F)(F)F)c1)COP(=O)(O)O. The Morgan fingerprint density at radius 1 is 1.03 bits per heavy atom. The molecule has 0 spiro atoms. The Bertz CT molecular complexity index is 1060. The number of rotatable bonds is 12. The van der Waals surface area contributed by atoms with Crippen LogP contribution in [0, 0.1) is 0 Å². The van der Waals surface area contributed by atoms with E-state index in [1.54, 1.807) is 6.07 Å². The molecular weight excluding hydrogens is 494 g/mol. The van der Waals surface area contributed by atoms with Gasteiger partial charge in [-0.05, 0) is 61.1 Å². The number of phosphoric ester groups is 1. The van der Waals surface area contributed by atoms with Gasteiger partial charge < -0.3 is 34.8 Å². The molecule has 13 heteroatoms. The number of fused-ring (bicyclic) bond motifs is 1. The van der Waals surface area contributed by atoms with E-state index in [1.807, 2.05) is 12.1 Å². The van der Waals surface area contributed by atoms with Gasteiger partial charge in [-0.25, -0.2) is 4.57 Å². The Kier molecular flexibility index (Phi) is 8.68. The average molecular weight is 521 g/mol. The van der Waals surface area contributed by atoms with Crippen LogP contribution in [-0.2, 0) is 28.1 Å². The number of aliphatic hydroxyl groups excluding tert-OH is 1. The highest BCUT2D eigenvalue weighted by Crippen LogP contribution is 2.39. The van der Waals surface area contributed by atoms with Gasteiger partial charge in [0, 0.05) is 0 Å². The first-order chi connectivity index (χ1) is 16.4. The van der Waals surface area contributed by atoms with Crippen molar-refractivity contribution >= 4 is 7.82 Å². The van der Waals surface area contributed by atoms with E-state index < -0.39 is 38.3 Å². The maximum Gasteiger partial charge on any atom is 0.469 e. The molecule has 1 aliphatic rings. The van der Waals surface area contributed by atoms with Crippen LogP contribution in [0.25, 0.3) is 0 Å². The van der Waals surface area contributed by atoms with Gasteiger partial charge in [0.2, 0.25) is 6.79 Å². The molecule has 9 nitrogen and oxygen atoms in total. The first-order valence-electron chi connectivity index (χ1n) is 10.7. The van der Waals surface area contributed by atoms with Gasteiger partial charge in [0.1, 0.15) is 5.75 Å². The molecule has 0 aliphatic carbocycles. The van der Waals surface area contributed by atoms with Gasteiger partial charge >= 0.3 is 14.0 Å². The van der Waals surface area contributed by atoms with Crippen molar-refractivity contribution in [2.75, 3.05) is 26.6 Å². The van der Waals surface area contributed by atoms with E-state index in [1.165, 1.54) is 12.1 Å². The largest absolute Gasteiger partial charge is 0.493 e. The average Bonchev–Trinajstić information content (AvgIpc) is 3.26. The summed E-state index contributed by atoms with van der Waals surface area (Å²) in [4.78, 5) is 17.6. The van der Waals surface area contributed by atoms with Crippen LogP contribution in [0.2, 0.25) is 0 Å². The molecule has 194 valence electrons. The van der Waals surface area contributed by atoms with Crippen molar-refractivity contribution in [3.63, 3.8) is 0 Å². The van der Waals surface area contributed by atoms with Gasteiger partial charge in [-0.3, -0.25) is 4.52 Å². The second-order valence-electron chi connectivity index (χ2n) is 8.25. The molecule has 0 saturated heterocycles. The number of alkyl halides is 3. The fourth-order valence-corrected chi connectivity index (χ4v) is 3.86. The van der Waals surface area contributed by atoms with E-state index in [2.05, 4.69) is 4.52 Å². The number of ether oxygens (including phenoxy) is 3. The molecule has 1 aliphatic heterocycles. The minimum absolute atomic E-state index is 0.00898. The lowest BCUT2D eigenvalue weighted by atomic mass is 9.93. The Morgan fingerprint density at radius 2 is 1.71 bits per heavy atom. The number of benzene rings is 2. The predicted octanol–water partition coefficient (Wildman–Crippen LogP) is 3.18. The lowest BCUT2D eigenvalue weighted by Crippen LogP contribution is -2.48. The molecule has 2 aromatic carbocycles. The smallest absolute Gasteiger partial charge is 0.469 e. The quantitative estimate of drug-likeness (QED) is 0.245. The predicted molar refractivity (Wildman–Crippen MR) is 118 cm³/mol. The first kappa shape index (κ1) is 27.3. The molecular formula is C22H27F3NO8P. The number of aryl methyl sites for hydroxylation is 2. The maximum absolute atomic E-state index is 13.6. The molecule has 35 heavy (non-hydrogen) atoms. The van der Waals surface area contributed by atoms with Crippen LogP contribution in [-0.4, -0.2) is 47.0 Å². The van der Waals surface area contributed by atoms with Gasteiger partial charge in [0.25, 0.3) is 0 Å². The highest BCUT2D eigenvalue weighted by molar-refractivity contribution is 7.46. The molecule has 1 unspecified atom stereocenters. The molecule has 5 N–H and O–H groups in total. The molecule has 0 fully saturated rings. The van der Waals surface area contributed by atoms with Crippen LogP contribution >= 0.6 is 7.82 Å². The fraction of sp³-hybridized carbons (Fsp3) is 0.455. The van der Waals surface area contributed by atoms with E-state index >= 15 is 0 Å². The fourth-order valence-electron chi connectivity index (χ4n) is 3.44. The van der Waals surface area contributed by atoms with Crippen LogP contribution in [0.3, 0.4) is 0 Å². The zero-order chi connectivity index (χ0) is 25.7. The van der Waals surface area contributed by atoms with Crippen molar-refractivity contribution in [1.82, 2.24) is 0 Å². The second kappa shape index (κ2) is 11.2. The number of hydrogen-bond acceptors (Lipinski definition) is 7. The molecule has 3 rings (SSSR count). The van der Waals surface area contributed by atoms with Crippen molar-refractivity contribution in [3.8, 4) is 17.2 Å². The van der Waals surface area contributed by atoms with Crippen molar-refractivity contribution in [2.45, 2.75) is 37.4 Å². The van der Waals surface area contributed by atoms with Crippen LogP contribution in [0.1, 0.15) is 29.5 Å². The second-order valence-corrected chi connectivity index (χ2v) is 9.49. The highest BCUT2D eigenvalue weighted by atomic mass is 31.2. The van der Waals surface area contributed by atoms with Gasteiger partial charge in [-0.1, -0.05) is 12.1 Å². The summed E-state index contributed by atoms with van der Waals surface area (Å²) in [6.07, 6.45) is -3.68. The van der Waals surface area contributed by atoms with Gasteiger partial charge in [-0.2, -0.15) is 13.2 Å². The molecule has 0 amide bonds. The summed E-state index contributed by atoms with van der Waals surface area (Å²) in [5, 5.41) is 9.47. The van der Waals surface area contributed by atoms with E-state index in [0.29, 0.717) is 24.3 Å². The van der Waals surface area contributed by atoms with Crippen molar-refractivity contribution in [2.24, 2.45) is 5.73 Å². The Hall–Kier alpha value is -2.34. The van der Waals surface area contributed by atoms with E-state index in [0.717, 1.165) is 11.6 Å². The van der Waals surface area contributed by atoms with Crippen LogP contribution in [0.15, 0.2) is 36.4 Å². The monoisotopic (exact) mass is 521 g/mol. The summed E-state index contributed by atoms with van der Waals surface area (Å²) in [5.41, 5.74) is 4.61. The number of aliphatic hydroxyl groups is 1. The highest BCUT2D eigenvalue weighted by Gasteiger charge is 2.35. The summed E-state index contributed by atoms with van der Waals surface area (Å²) in [5.74, 6) is 0.979. The van der Waals surface area contributed by atoms with Gasteiger partial charge in [0.05, 0.1) is 30.9 Å². The van der Waals surface area contributed by atoms with Crippen LogP contribution in [0.4, 0.5) is 13.2 Å². The number of nitrogens with two attached hydrogens (primary N) is 1. The molecule has 1 heterocycles. The zero-order valence-electron chi connectivity index (χ0n) is 18.7. The zero-order valence-corrected chi connectivity index (χ0v) is 19.6. The van der Waals surface area contributed by atoms with Crippen LogP contribution in [0.5, 0.6) is 17.2 Å². The summed E-state index contributed by atoms with van der Waals surface area (Å²) >= 11 is 0. The van der Waals surface area contributed by atoms with Crippen molar-refractivity contribution in [3.05, 3.63) is 53.1 Å². The molecule has 0 aromatic heterocycles. The Balaban J connectivity index is 1.59. The summed E-state index contributed by atoms with van der Waals surface area (Å²) < 4.78 is 72.2. The first-order valence-corrected chi connectivity index (χ1v) is 12.2. The number of halogens is 3. The molecule has 0 saturated carbocycles. The lowest BCUT2D eigenvalue weighted by Gasteiger charge is -2.27. The van der Waals surface area contributed by atoms with Gasteiger partial charge in [-0.15, -0.1) is 0 Å². The minimum Gasteiger partial charge on any atom is -0.493 e. The van der Waals surface area contributed by atoms with Crippen LogP contribution < -0.4 is 19.9 Å². The Morgan fingerprint density at radius 3 is 2.40 bits per heavy atom.